The molecule has 0 aliphatic carbocycles. The second-order valence-electron chi connectivity index (χ2n) is 7.19. The van der Waals surface area contributed by atoms with Crippen molar-refractivity contribution in [2.24, 2.45) is 5.92 Å². The van der Waals surface area contributed by atoms with E-state index < -0.39 is 17.6 Å². The molecule has 0 aliphatic heterocycles. The van der Waals surface area contributed by atoms with Crippen molar-refractivity contribution in [2.45, 2.75) is 45.8 Å². The van der Waals surface area contributed by atoms with Crippen LogP contribution in [0.25, 0.3) is 0 Å². The highest BCUT2D eigenvalue weighted by Crippen LogP contribution is 2.28. The van der Waals surface area contributed by atoms with Crippen LogP contribution >= 0.6 is 0 Å². The van der Waals surface area contributed by atoms with Crippen molar-refractivity contribution in [2.75, 3.05) is 0 Å². The number of carbonyl (C=O) groups excluding carboxylic acids is 1. The second-order valence-corrected chi connectivity index (χ2v) is 7.19. The minimum atomic E-state index is -0.901. The highest BCUT2D eigenvalue weighted by molar-refractivity contribution is 5.74. The van der Waals surface area contributed by atoms with E-state index in [9.17, 15) is 9.90 Å². The number of ether oxygens (including phenoxy) is 1. The molecule has 0 saturated carbocycles. The lowest BCUT2D eigenvalue weighted by atomic mass is 9.89. The van der Waals surface area contributed by atoms with E-state index in [4.69, 9.17) is 4.74 Å². The molecule has 0 heterocycles. The molecule has 0 spiro atoms. The van der Waals surface area contributed by atoms with Crippen molar-refractivity contribution in [1.82, 2.24) is 0 Å². The molecule has 0 bridgehead atoms. The van der Waals surface area contributed by atoms with Gasteiger partial charge >= 0.3 is 5.97 Å². The van der Waals surface area contributed by atoms with Crippen LogP contribution in [-0.4, -0.2) is 16.7 Å². The second kappa shape index (κ2) is 7.63. The molecule has 2 rings (SSSR count). The van der Waals surface area contributed by atoms with Crippen LogP contribution in [0.15, 0.2) is 54.6 Å². The normalized spacial score (nSPS) is 14.0. The fourth-order valence-electron chi connectivity index (χ4n) is 2.56. The lowest BCUT2D eigenvalue weighted by molar-refractivity contribution is -0.164. The van der Waals surface area contributed by atoms with Crippen LogP contribution in [0.5, 0.6) is 0 Å². The van der Waals surface area contributed by atoms with Crippen LogP contribution in [0.4, 0.5) is 0 Å². The predicted molar refractivity (Wildman–Crippen MR) is 95.6 cm³/mol. The molecule has 0 amide bonds. The summed E-state index contributed by atoms with van der Waals surface area (Å²) in [6, 6.07) is 17.3. The third kappa shape index (κ3) is 5.20. The van der Waals surface area contributed by atoms with Gasteiger partial charge in [-0.15, -0.1) is 0 Å². The molecular weight excluding hydrogens is 300 g/mol. The van der Waals surface area contributed by atoms with Gasteiger partial charge in [0.15, 0.2) is 0 Å². The van der Waals surface area contributed by atoms with Gasteiger partial charge in [-0.1, -0.05) is 60.2 Å². The first-order chi connectivity index (χ1) is 11.3. The smallest absolute Gasteiger partial charge is 0.312 e. The Hall–Kier alpha value is -2.13. The number of esters is 1. The molecule has 0 aliphatic rings. The number of hydrogen-bond donors (Lipinski definition) is 1. The Kier molecular flexibility index (Phi) is 5.79. The molecule has 24 heavy (non-hydrogen) atoms. The summed E-state index contributed by atoms with van der Waals surface area (Å²) >= 11 is 0. The average molecular weight is 326 g/mol. The topological polar surface area (TPSA) is 46.5 Å². The SMILES string of the molecule is Cc1ccc(C[C@H](C(=O)OC(C)(C)C)[C@H](O)c2ccccc2)cc1. The molecule has 128 valence electrons. The Morgan fingerprint density at radius 2 is 1.62 bits per heavy atom. The molecule has 3 heteroatoms. The number of carbonyl (C=O) groups is 1. The van der Waals surface area contributed by atoms with Gasteiger partial charge in [-0.05, 0) is 45.2 Å². The number of benzene rings is 2. The molecular formula is C21H26O3. The van der Waals surface area contributed by atoms with E-state index in [0.717, 1.165) is 16.7 Å². The summed E-state index contributed by atoms with van der Waals surface area (Å²) in [6.07, 6.45) is -0.465. The minimum Gasteiger partial charge on any atom is -0.460 e. The van der Waals surface area contributed by atoms with Crippen molar-refractivity contribution >= 4 is 5.97 Å². The van der Waals surface area contributed by atoms with E-state index in [1.54, 1.807) is 0 Å². The van der Waals surface area contributed by atoms with Gasteiger partial charge in [0.25, 0.3) is 0 Å². The van der Waals surface area contributed by atoms with Gasteiger partial charge in [-0.25, -0.2) is 0 Å². The van der Waals surface area contributed by atoms with Crippen molar-refractivity contribution < 1.29 is 14.6 Å². The zero-order chi connectivity index (χ0) is 17.7. The van der Waals surface area contributed by atoms with Gasteiger partial charge in [0.05, 0.1) is 12.0 Å². The highest BCUT2D eigenvalue weighted by Gasteiger charge is 2.32. The molecule has 2 aromatic carbocycles. The summed E-state index contributed by atoms with van der Waals surface area (Å²) in [5.41, 5.74) is 2.31. The Morgan fingerprint density at radius 3 is 2.17 bits per heavy atom. The fraction of sp³-hybridized carbons (Fsp3) is 0.381. The summed E-state index contributed by atoms with van der Waals surface area (Å²) < 4.78 is 5.54. The molecule has 1 N–H and O–H groups in total. The number of aryl methyl sites for hydroxylation is 1. The van der Waals surface area contributed by atoms with Gasteiger partial charge in [0.1, 0.15) is 5.60 Å². The van der Waals surface area contributed by atoms with Crippen molar-refractivity contribution in [3.05, 3.63) is 71.3 Å². The summed E-state index contributed by atoms with van der Waals surface area (Å²) in [4.78, 5) is 12.7. The standard InChI is InChI=1S/C21H26O3/c1-15-10-12-16(13-11-15)14-18(20(23)24-21(2,3)4)19(22)17-8-6-5-7-9-17/h5-13,18-19,22H,14H2,1-4H3/t18-,19+/m0/s1. The van der Waals surface area contributed by atoms with Crippen LogP contribution in [0, 0.1) is 12.8 Å². The molecule has 0 radical (unpaired) electrons. The molecule has 0 fully saturated rings. The number of aliphatic hydroxyl groups excluding tert-OH is 1. The van der Waals surface area contributed by atoms with Crippen LogP contribution < -0.4 is 0 Å². The van der Waals surface area contributed by atoms with E-state index >= 15 is 0 Å². The number of aliphatic hydroxyl groups is 1. The largest absolute Gasteiger partial charge is 0.460 e. The Balaban J connectivity index is 2.26. The molecule has 0 unspecified atom stereocenters. The maximum atomic E-state index is 12.7. The maximum absolute atomic E-state index is 12.7. The van der Waals surface area contributed by atoms with Crippen molar-refractivity contribution in [3.63, 3.8) is 0 Å². The van der Waals surface area contributed by atoms with Gasteiger partial charge in [0.2, 0.25) is 0 Å². The van der Waals surface area contributed by atoms with Gasteiger partial charge < -0.3 is 9.84 Å². The lowest BCUT2D eigenvalue weighted by Crippen LogP contribution is -2.33. The number of rotatable bonds is 5. The summed E-state index contributed by atoms with van der Waals surface area (Å²) in [5, 5.41) is 10.8. The van der Waals surface area contributed by atoms with Crippen molar-refractivity contribution in [3.8, 4) is 0 Å². The molecule has 3 nitrogen and oxygen atoms in total. The Labute approximate surface area is 144 Å². The van der Waals surface area contributed by atoms with Crippen molar-refractivity contribution in [1.29, 1.82) is 0 Å². The van der Waals surface area contributed by atoms with E-state index in [-0.39, 0.29) is 5.97 Å². The van der Waals surface area contributed by atoms with E-state index in [2.05, 4.69) is 0 Å². The van der Waals surface area contributed by atoms with Gasteiger partial charge in [-0.2, -0.15) is 0 Å². The third-order valence-electron chi connectivity index (χ3n) is 3.81. The maximum Gasteiger partial charge on any atom is 0.312 e. The first-order valence-electron chi connectivity index (χ1n) is 8.28. The summed E-state index contributed by atoms with van der Waals surface area (Å²) in [5.74, 6) is -1.02. The van der Waals surface area contributed by atoms with Crippen LogP contribution in [0.3, 0.4) is 0 Å². The first-order valence-corrected chi connectivity index (χ1v) is 8.28. The van der Waals surface area contributed by atoms with Gasteiger partial charge in [-0.3, -0.25) is 4.79 Å². The fourth-order valence-corrected chi connectivity index (χ4v) is 2.56. The van der Waals surface area contributed by atoms with Crippen LogP contribution in [-0.2, 0) is 16.0 Å². The lowest BCUT2D eigenvalue weighted by Gasteiger charge is -2.27. The number of hydrogen-bond acceptors (Lipinski definition) is 3. The summed E-state index contributed by atoms with van der Waals surface area (Å²) in [6.45, 7) is 7.53. The molecule has 0 saturated heterocycles. The average Bonchev–Trinajstić information content (AvgIpc) is 2.53. The minimum absolute atomic E-state index is 0.376. The monoisotopic (exact) mass is 326 g/mol. The van der Waals surface area contributed by atoms with Crippen LogP contribution in [0.1, 0.15) is 43.6 Å². The molecule has 2 aromatic rings. The zero-order valence-corrected chi connectivity index (χ0v) is 14.8. The molecule has 0 aromatic heterocycles. The molecule has 2 atom stereocenters. The van der Waals surface area contributed by atoms with E-state index in [1.165, 1.54) is 0 Å². The summed E-state index contributed by atoms with van der Waals surface area (Å²) in [7, 11) is 0. The Morgan fingerprint density at radius 1 is 1.04 bits per heavy atom. The van der Waals surface area contributed by atoms with E-state index in [1.807, 2.05) is 82.3 Å². The highest BCUT2D eigenvalue weighted by atomic mass is 16.6. The first kappa shape index (κ1) is 18.2. The quantitative estimate of drug-likeness (QED) is 0.837. The van der Waals surface area contributed by atoms with Gasteiger partial charge in [0, 0.05) is 0 Å². The Bertz CT molecular complexity index is 654. The van der Waals surface area contributed by atoms with Crippen LogP contribution in [0.2, 0.25) is 0 Å². The van der Waals surface area contributed by atoms with E-state index in [0.29, 0.717) is 6.42 Å². The zero-order valence-electron chi connectivity index (χ0n) is 14.8. The third-order valence-corrected chi connectivity index (χ3v) is 3.81. The predicted octanol–water partition coefficient (Wildman–Crippen LogP) is 4.23.